The second-order valence-corrected chi connectivity index (χ2v) is 9.51. The van der Waals surface area contributed by atoms with Crippen LogP contribution in [0.5, 0.6) is 0 Å². The first kappa shape index (κ1) is 19.8. The van der Waals surface area contributed by atoms with Crippen LogP contribution in [0, 0.1) is 11.8 Å². The number of hydrogen-bond acceptors (Lipinski definition) is 3. The molecule has 4 heteroatoms. The average molecular weight is 405 g/mol. The average Bonchev–Trinajstić information content (AvgIpc) is 3.17. The molecule has 3 fully saturated rings. The van der Waals surface area contributed by atoms with Gasteiger partial charge in [0, 0.05) is 38.4 Å². The predicted octanol–water partition coefficient (Wildman–Crippen LogP) is 4.55. The number of benzene rings is 2. The van der Waals surface area contributed by atoms with Gasteiger partial charge in [-0.1, -0.05) is 68.4 Å². The van der Waals surface area contributed by atoms with E-state index in [9.17, 15) is 4.79 Å². The lowest BCUT2D eigenvalue weighted by molar-refractivity contribution is -0.193. The Hall–Kier alpha value is -2.17. The van der Waals surface area contributed by atoms with Gasteiger partial charge < -0.3 is 9.64 Å². The molecule has 3 saturated heterocycles. The van der Waals surface area contributed by atoms with E-state index in [1.54, 1.807) is 0 Å². The molecular weight excluding hydrogens is 372 g/mol. The zero-order valence-corrected chi connectivity index (χ0v) is 18.1. The summed E-state index contributed by atoms with van der Waals surface area (Å²) in [5.41, 5.74) is 3.52. The molecule has 0 radical (unpaired) electrons. The van der Waals surface area contributed by atoms with Gasteiger partial charge >= 0.3 is 0 Å². The van der Waals surface area contributed by atoms with Gasteiger partial charge in [-0.15, -0.1) is 0 Å². The van der Waals surface area contributed by atoms with Crippen LogP contribution in [-0.2, 0) is 16.1 Å². The van der Waals surface area contributed by atoms with Gasteiger partial charge in [0.25, 0.3) is 0 Å². The highest BCUT2D eigenvalue weighted by atomic mass is 16.5. The van der Waals surface area contributed by atoms with Gasteiger partial charge in [0.15, 0.2) is 0 Å². The van der Waals surface area contributed by atoms with E-state index >= 15 is 0 Å². The van der Waals surface area contributed by atoms with E-state index in [0.29, 0.717) is 30.8 Å². The molecule has 3 aliphatic heterocycles. The van der Waals surface area contributed by atoms with Crippen molar-refractivity contribution in [3.05, 3.63) is 60.2 Å². The highest BCUT2D eigenvalue weighted by molar-refractivity contribution is 5.78. The van der Waals surface area contributed by atoms with E-state index in [2.05, 4.69) is 78.2 Å². The molecule has 2 aromatic carbocycles. The Labute approximate surface area is 179 Å². The third kappa shape index (κ3) is 3.36. The molecule has 2 aromatic rings. The summed E-state index contributed by atoms with van der Waals surface area (Å²) in [6, 6.07) is 19.7. The summed E-state index contributed by atoms with van der Waals surface area (Å²) in [4.78, 5) is 17.5. The number of rotatable bonds is 4. The minimum atomic E-state index is -0.349. The van der Waals surface area contributed by atoms with Gasteiger partial charge in [0.1, 0.15) is 5.72 Å². The molecule has 3 aliphatic rings. The molecule has 5 rings (SSSR count). The number of hydrogen-bond donors (Lipinski definition) is 0. The van der Waals surface area contributed by atoms with Crippen LogP contribution in [-0.4, -0.2) is 47.2 Å². The van der Waals surface area contributed by atoms with Crippen LogP contribution >= 0.6 is 0 Å². The minimum Gasteiger partial charge on any atom is -0.353 e. The molecule has 0 bridgehead atoms. The molecule has 0 aliphatic carbocycles. The maximum atomic E-state index is 12.8. The molecule has 3 atom stereocenters. The molecule has 0 saturated carbocycles. The molecule has 1 spiro atoms. The second-order valence-electron chi connectivity index (χ2n) is 9.51. The van der Waals surface area contributed by atoms with Crippen molar-refractivity contribution in [1.82, 2.24) is 9.80 Å². The molecule has 158 valence electrons. The lowest BCUT2D eigenvalue weighted by Crippen LogP contribution is -2.65. The van der Waals surface area contributed by atoms with Gasteiger partial charge in [0.2, 0.25) is 5.91 Å². The van der Waals surface area contributed by atoms with Crippen LogP contribution in [0.1, 0.15) is 38.7 Å². The maximum Gasteiger partial charge on any atom is 0.225 e. The maximum absolute atomic E-state index is 12.8. The van der Waals surface area contributed by atoms with E-state index in [-0.39, 0.29) is 11.8 Å². The molecule has 3 heterocycles. The van der Waals surface area contributed by atoms with Crippen LogP contribution < -0.4 is 0 Å². The van der Waals surface area contributed by atoms with E-state index < -0.39 is 0 Å². The van der Waals surface area contributed by atoms with Gasteiger partial charge in [0.05, 0.1) is 12.6 Å². The largest absolute Gasteiger partial charge is 0.353 e. The molecule has 30 heavy (non-hydrogen) atoms. The van der Waals surface area contributed by atoms with Gasteiger partial charge in [-0.2, -0.15) is 0 Å². The normalized spacial score (nSPS) is 29.2. The van der Waals surface area contributed by atoms with Gasteiger partial charge in [-0.3, -0.25) is 9.69 Å². The number of ether oxygens (including phenoxy) is 1. The molecule has 0 aromatic heterocycles. The predicted molar refractivity (Wildman–Crippen MR) is 119 cm³/mol. The standard InChI is InChI=1S/C26H32N2O2/c1-19(2)24-18-30-26-14-15-27(17-23(26)12-13-25(29)28(24)26)16-20-8-10-22(11-9-20)21-6-4-3-5-7-21/h3-11,19,23-24H,12-18H2,1-2H3/t23-,24-,26-/m1/s1. The van der Waals surface area contributed by atoms with Crippen molar-refractivity contribution in [2.45, 2.75) is 51.4 Å². The zero-order valence-electron chi connectivity index (χ0n) is 18.1. The van der Waals surface area contributed by atoms with E-state index in [4.69, 9.17) is 4.74 Å². The lowest BCUT2D eigenvalue weighted by Gasteiger charge is -2.53. The first-order valence-corrected chi connectivity index (χ1v) is 11.4. The SMILES string of the molecule is CC(C)[C@H]1CO[C@]23CCN(Cc4ccc(-c5ccccc5)cc4)C[C@H]2CCC(=O)N13. The fraction of sp³-hybridized carbons (Fsp3) is 0.500. The fourth-order valence-electron chi connectivity index (χ4n) is 5.69. The Morgan fingerprint density at radius 1 is 1.07 bits per heavy atom. The van der Waals surface area contributed by atoms with Crippen molar-refractivity contribution in [2.75, 3.05) is 19.7 Å². The van der Waals surface area contributed by atoms with Crippen molar-refractivity contribution < 1.29 is 9.53 Å². The topological polar surface area (TPSA) is 32.8 Å². The third-order valence-corrected chi connectivity index (χ3v) is 7.36. The highest BCUT2D eigenvalue weighted by Gasteiger charge is 2.58. The van der Waals surface area contributed by atoms with Crippen molar-refractivity contribution >= 4 is 5.91 Å². The van der Waals surface area contributed by atoms with Crippen LogP contribution in [0.15, 0.2) is 54.6 Å². The number of likely N-dealkylation sites (tertiary alicyclic amines) is 1. The summed E-state index contributed by atoms with van der Waals surface area (Å²) in [6.45, 7) is 8.06. The first-order valence-electron chi connectivity index (χ1n) is 11.4. The summed E-state index contributed by atoms with van der Waals surface area (Å²) in [7, 11) is 0. The quantitative estimate of drug-likeness (QED) is 0.750. The molecule has 1 amide bonds. The first-order chi connectivity index (χ1) is 14.6. The minimum absolute atomic E-state index is 0.234. The Kier molecular flexibility index (Phi) is 5.16. The number of piperidine rings is 2. The van der Waals surface area contributed by atoms with Crippen LogP contribution in [0.4, 0.5) is 0 Å². The smallest absolute Gasteiger partial charge is 0.225 e. The summed E-state index contributed by atoms with van der Waals surface area (Å²) in [5, 5.41) is 0. The van der Waals surface area contributed by atoms with Gasteiger partial charge in [-0.05, 0) is 29.0 Å². The monoisotopic (exact) mass is 404 g/mol. The molecular formula is C26H32N2O2. The summed E-state index contributed by atoms with van der Waals surface area (Å²) in [6.07, 6.45) is 2.54. The lowest BCUT2D eigenvalue weighted by atomic mass is 9.79. The van der Waals surface area contributed by atoms with Crippen molar-refractivity contribution in [1.29, 1.82) is 0 Å². The van der Waals surface area contributed by atoms with Crippen molar-refractivity contribution in [3.63, 3.8) is 0 Å². The van der Waals surface area contributed by atoms with Gasteiger partial charge in [-0.25, -0.2) is 0 Å². The van der Waals surface area contributed by atoms with Crippen LogP contribution in [0.25, 0.3) is 11.1 Å². The zero-order chi connectivity index (χ0) is 20.7. The van der Waals surface area contributed by atoms with E-state index in [1.807, 2.05) is 0 Å². The van der Waals surface area contributed by atoms with Crippen LogP contribution in [0.3, 0.4) is 0 Å². The number of carbonyl (C=O) groups excluding carboxylic acids is 1. The van der Waals surface area contributed by atoms with Crippen molar-refractivity contribution in [2.24, 2.45) is 11.8 Å². The van der Waals surface area contributed by atoms with E-state index in [1.165, 1.54) is 16.7 Å². The number of amides is 1. The molecule has 0 unspecified atom stereocenters. The molecule has 0 N–H and O–H groups in total. The van der Waals surface area contributed by atoms with E-state index in [0.717, 1.165) is 32.5 Å². The Balaban J connectivity index is 1.28. The summed E-state index contributed by atoms with van der Waals surface area (Å²) in [5.74, 6) is 1.15. The Morgan fingerprint density at radius 3 is 2.53 bits per heavy atom. The number of carbonyl (C=O) groups is 1. The Morgan fingerprint density at radius 2 is 1.80 bits per heavy atom. The third-order valence-electron chi connectivity index (χ3n) is 7.36. The second kappa shape index (κ2) is 7.82. The number of nitrogens with zero attached hydrogens (tertiary/aromatic N) is 2. The fourth-order valence-corrected chi connectivity index (χ4v) is 5.69. The highest BCUT2D eigenvalue weighted by Crippen LogP contribution is 2.47. The summed E-state index contributed by atoms with van der Waals surface area (Å²) < 4.78 is 6.43. The Bertz CT molecular complexity index is 895. The molecule has 4 nitrogen and oxygen atoms in total. The summed E-state index contributed by atoms with van der Waals surface area (Å²) >= 11 is 0. The van der Waals surface area contributed by atoms with Crippen molar-refractivity contribution in [3.8, 4) is 11.1 Å². The van der Waals surface area contributed by atoms with Crippen LogP contribution in [0.2, 0.25) is 0 Å².